The summed E-state index contributed by atoms with van der Waals surface area (Å²) in [7, 11) is 0. The molecule has 0 aliphatic heterocycles. The number of carbonyl (C=O) groups is 1. The summed E-state index contributed by atoms with van der Waals surface area (Å²) in [5.41, 5.74) is 0.773. The van der Waals surface area contributed by atoms with Crippen LogP contribution in [0.15, 0.2) is 53.1 Å². The van der Waals surface area contributed by atoms with E-state index >= 15 is 0 Å². The van der Waals surface area contributed by atoms with E-state index in [2.05, 4.69) is 0 Å². The minimum Gasteiger partial charge on any atom is -0.468 e. The fourth-order valence-corrected chi connectivity index (χ4v) is 2.17. The molecule has 0 aliphatic rings. The number of benzene rings is 1. The summed E-state index contributed by atoms with van der Waals surface area (Å²) in [5.74, 6) is 2.30. The summed E-state index contributed by atoms with van der Waals surface area (Å²) in [6, 6.07) is 13.1. The van der Waals surface area contributed by atoms with Crippen LogP contribution in [0.5, 0.6) is 0 Å². The molecule has 0 aliphatic carbocycles. The molecule has 0 saturated carbocycles. The van der Waals surface area contributed by atoms with Gasteiger partial charge in [-0.2, -0.15) is 0 Å². The topological polar surface area (TPSA) is 30.2 Å². The number of hydrogen-bond acceptors (Lipinski definition) is 3. The SMILES string of the molecule is O=C(CSCc1ccco1)c1ccccc1. The van der Waals surface area contributed by atoms with Gasteiger partial charge in [0.05, 0.1) is 17.8 Å². The quantitative estimate of drug-likeness (QED) is 0.740. The Bertz CT molecular complexity index is 434. The van der Waals surface area contributed by atoms with Crippen molar-refractivity contribution in [2.75, 3.05) is 5.75 Å². The standard InChI is InChI=1S/C13H12O2S/c14-13(11-5-2-1-3-6-11)10-16-9-12-7-4-8-15-12/h1-8H,9-10H2. The molecule has 82 valence electrons. The first-order valence-electron chi connectivity index (χ1n) is 5.04. The largest absolute Gasteiger partial charge is 0.468 e. The summed E-state index contributed by atoms with van der Waals surface area (Å²) < 4.78 is 5.19. The van der Waals surface area contributed by atoms with Crippen LogP contribution in [-0.4, -0.2) is 11.5 Å². The lowest BCUT2D eigenvalue weighted by Gasteiger charge is -1.99. The average Bonchev–Trinajstić information content (AvgIpc) is 2.83. The zero-order chi connectivity index (χ0) is 11.2. The van der Waals surface area contributed by atoms with Crippen LogP contribution in [0.1, 0.15) is 16.1 Å². The Morgan fingerprint density at radius 3 is 2.62 bits per heavy atom. The van der Waals surface area contributed by atoms with Crippen molar-refractivity contribution >= 4 is 17.5 Å². The molecule has 1 aromatic carbocycles. The normalized spacial score (nSPS) is 10.2. The number of Topliss-reactive ketones (excluding diaryl/α,β-unsaturated/α-hetero) is 1. The average molecular weight is 232 g/mol. The summed E-state index contributed by atoms with van der Waals surface area (Å²) in [6.45, 7) is 0. The minimum absolute atomic E-state index is 0.164. The van der Waals surface area contributed by atoms with E-state index in [0.29, 0.717) is 5.75 Å². The third kappa shape index (κ3) is 3.00. The van der Waals surface area contributed by atoms with Gasteiger partial charge in [-0.25, -0.2) is 0 Å². The van der Waals surface area contributed by atoms with Crippen LogP contribution in [0, 0.1) is 0 Å². The lowest BCUT2D eigenvalue weighted by Crippen LogP contribution is -2.01. The van der Waals surface area contributed by atoms with Crippen molar-refractivity contribution in [3.63, 3.8) is 0 Å². The van der Waals surface area contributed by atoms with Crippen LogP contribution in [0.2, 0.25) is 0 Å². The van der Waals surface area contributed by atoms with Gasteiger partial charge < -0.3 is 4.42 Å². The molecular formula is C13H12O2S. The molecule has 0 radical (unpaired) electrons. The van der Waals surface area contributed by atoms with Crippen LogP contribution in [0.25, 0.3) is 0 Å². The molecule has 0 fully saturated rings. The van der Waals surface area contributed by atoms with Gasteiger partial charge in [-0.15, -0.1) is 11.8 Å². The van der Waals surface area contributed by atoms with E-state index in [1.807, 2.05) is 42.5 Å². The van der Waals surface area contributed by atoms with E-state index in [1.54, 1.807) is 18.0 Å². The summed E-state index contributed by atoms with van der Waals surface area (Å²) in [6.07, 6.45) is 1.65. The first-order chi connectivity index (χ1) is 7.86. The van der Waals surface area contributed by atoms with Gasteiger partial charge in [0.2, 0.25) is 0 Å². The third-order valence-corrected chi connectivity index (χ3v) is 3.11. The van der Waals surface area contributed by atoms with Crippen LogP contribution in [0.3, 0.4) is 0 Å². The summed E-state index contributed by atoms with van der Waals surface area (Å²) >= 11 is 1.57. The molecule has 2 rings (SSSR count). The van der Waals surface area contributed by atoms with Crippen LogP contribution in [0.4, 0.5) is 0 Å². The maximum absolute atomic E-state index is 11.7. The van der Waals surface area contributed by atoms with Gasteiger partial charge in [0.25, 0.3) is 0 Å². The second kappa shape index (κ2) is 5.56. The Kier molecular flexibility index (Phi) is 3.83. The van der Waals surface area contributed by atoms with Crippen molar-refractivity contribution in [1.82, 2.24) is 0 Å². The maximum Gasteiger partial charge on any atom is 0.172 e. The molecule has 0 N–H and O–H groups in total. The molecule has 2 aromatic rings. The van der Waals surface area contributed by atoms with Gasteiger partial charge in [-0.05, 0) is 12.1 Å². The van der Waals surface area contributed by atoms with E-state index in [9.17, 15) is 4.79 Å². The highest BCUT2D eigenvalue weighted by atomic mass is 32.2. The van der Waals surface area contributed by atoms with Crippen molar-refractivity contribution in [3.05, 3.63) is 60.1 Å². The first kappa shape index (κ1) is 11.0. The number of hydrogen-bond donors (Lipinski definition) is 0. The molecule has 16 heavy (non-hydrogen) atoms. The fraction of sp³-hybridized carbons (Fsp3) is 0.154. The van der Waals surface area contributed by atoms with Crippen molar-refractivity contribution in [3.8, 4) is 0 Å². The van der Waals surface area contributed by atoms with Crippen LogP contribution in [-0.2, 0) is 5.75 Å². The number of rotatable bonds is 5. The van der Waals surface area contributed by atoms with Gasteiger partial charge in [0.1, 0.15) is 5.76 Å². The molecule has 2 nitrogen and oxygen atoms in total. The zero-order valence-corrected chi connectivity index (χ0v) is 9.57. The van der Waals surface area contributed by atoms with E-state index in [0.717, 1.165) is 17.1 Å². The number of carbonyl (C=O) groups excluding carboxylic acids is 1. The molecule has 1 heterocycles. The van der Waals surface area contributed by atoms with E-state index in [-0.39, 0.29) is 5.78 Å². The number of thioether (sulfide) groups is 1. The monoisotopic (exact) mass is 232 g/mol. The number of furan rings is 1. The second-order valence-corrected chi connectivity index (χ2v) is 4.35. The smallest absolute Gasteiger partial charge is 0.172 e. The lowest BCUT2D eigenvalue weighted by atomic mass is 10.2. The molecule has 0 atom stereocenters. The van der Waals surface area contributed by atoms with Crippen molar-refractivity contribution in [2.24, 2.45) is 0 Å². The van der Waals surface area contributed by atoms with Crippen molar-refractivity contribution in [1.29, 1.82) is 0 Å². The fourth-order valence-electron chi connectivity index (χ4n) is 1.35. The molecule has 3 heteroatoms. The van der Waals surface area contributed by atoms with E-state index in [4.69, 9.17) is 4.42 Å². The van der Waals surface area contributed by atoms with Crippen LogP contribution >= 0.6 is 11.8 Å². The first-order valence-corrected chi connectivity index (χ1v) is 6.20. The van der Waals surface area contributed by atoms with Gasteiger partial charge >= 0.3 is 0 Å². The Morgan fingerprint density at radius 1 is 1.12 bits per heavy atom. The molecule has 1 aromatic heterocycles. The minimum atomic E-state index is 0.164. The van der Waals surface area contributed by atoms with Crippen LogP contribution < -0.4 is 0 Å². The van der Waals surface area contributed by atoms with Gasteiger partial charge in [-0.3, -0.25) is 4.79 Å². The molecule has 0 spiro atoms. The Labute approximate surface area is 98.7 Å². The predicted octanol–water partition coefficient (Wildman–Crippen LogP) is 3.40. The second-order valence-electron chi connectivity index (χ2n) is 3.36. The van der Waals surface area contributed by atoms with Gasteiger partial charge in [0, 0.05) is 5.56 Å². The lowest BCUT2D eigenvalue weighted by molar-refractivity contribution is 0.102. The highest BCUT2D eigenvalue weighted by molar-refractivity contribution is 7.99. The molecular weight excluding hydrogens is 220 g/mol. The third-order valence-electron chi connectivity index (χ3n) is 2.15. The molecule has 0 amide bonds. The van der Waals surface area contributed by atoms with E-state index in [1.165, 1.54) is 0 Å². The Hall–Kier alpha value is -1.48. The summed E-state index contributed by atoms with van der Waals surface area (Å²) in [5, 5.41) is 0. The highest BCUT2D eigenvalue weighted by Gasteiger charge is 2.05. The van der Waals surface area contributed by atoms with Crippen molar-refractivity contribution in [2.45, 2.75) is 5.75 Å². The van der Waals surface area contributed by atoms with E-state index < -0.39 is 0 Å². The highest BCUT2D eigenvalue weighted by Crippen LogP contribution is 2.14. The van der Waals surface area contributed by atoms with Gasteiger partial charge in [0.15, 0.2) is 5.78 Å². The molecule has 0 unspecified atom stereocenters. The Morgan fingerprint density at radius 2 is 1.94 bits per heavy atom. The Balaban J connectivity index is 1.81. The van der Waals surface area contributed by atoms with Crippen molar-refractivity contribution < 1.29 is 9.21 Å². The number of ketones is 1. The molecule has 0 saturated heterocycles. The molecule has 0 bridgehead atoms. The van der Waals surface area contributed by atoms with Gasteiger partial charge in [-0.1, -0.05) is 30.3 Å². The maximum atomic E-state index is 11.7. The predicted molar refractivity (Wildman–Crippen MR) is 65.6 cm³/mol. The summed E-state index contributed by atoms with van der Waals surface area (Å²) in [4.78, 5) is 11.7. The zero-order valence-electron chi connectivity index (χ0n) is 8.76.